The Bertz CT molecular complexity index is 572. The number of hydrogen-bond acceptors (Lipinski definition) is 6. The molecule has 1 aliphatic heterocycles. The van der Waals surface area contributed by atoms with E-state index in [0.29, 0.717) is 6.42 Å². The van der Waals surface area contributed by atoms with Gasteiger partial charge >= 0.3 is 21.0 Å². The number of carbonyl (C=O) groups excluding carboxylic acids is 3. The minimum atomic E-state index is -5.07. The molecule has 138 valence electrons. The Morgan fingerprint density at radius 2 is 1.67 bits per heavy atom. The normalized spacial score (nSPS) is 20.9. The fourth-order valence-electron chi connectivity index (χ4n) is 2.54. The van der Waals surface area contributed by atoms with E-state index in [9.17, 15) is 27.4 Å². The van der Waals surface area contributed by atoms with Crippen LogP contribution >= 0.6 is 0 Å². The zero-order valence-electron chi connectivity index (χ0n) is 13.9. The number of imide groups is 1. The van der Waals surface area contributed by atoms with Crippen molar-refractivity contribution in [2.24, 2.45) is 0 Å². The molecule has 0 saturated carbocycles. The van der Waals surface area contributed by atoms with Crippen LogP contribution in [0, 0.1) is 0 Å². The molecule has 0 aliphatic carbocycles. The predicted octanol–water partition coefficient (Wildman–Crippen LogP) is 1.69. The maximum absolute atomic E-state index is 11.8. The molecule has 0 aromatic rings. The summed E-state index contributed by atoms with van der Waals surface area (Å²) in [5.74, 6) is -3.18. The average Bonchev–Trinajstić information content (AvgIpc) is 2.76. The van der Waals surface area contributed by atoms with E-state index in [4.69, 9.17) is 4.74 Å². The van der Waals surface area contributed by atoms with Gasteiger partial charge in [-0.1, -0.05) is 51.9 Å². The molecule has 0 spiro atoms. The molecule has 1 atom stereocenters. The quantitative estimate of drug-likeness (QED) is 0.247. The largest absolute Gasteiger partial charge is 0.429 e. The molecule has 1 fully saturated rings. The summed E-state index contributed by atoms with van der Waals surface area (Å²) in [4.78, 5) is 31.8. The summed E-state index contributed by atoms with van der Waals surface area (Å²) in [5.41, 5.74) is 0. The molecule has 1 rings (SSSR count). The summed E-state index contributed by atoms with van der Waals surface area (Å²) in [6.07, 6.45) is 7.03. The minimum Gasteiger partial charge on any atom is -0.429 e. The van der Waals surface area contributed by atoms with E-state index in [1.807, 2.05) is 0 Å². The number of amides is 2. The van der Waals surface area contributed by atoms with Crippen LogP contribution in [0.2, 0.25) is 0 Å². The Hall–Kier alpha value is -1.48. The van der Waals surface area contributed by atoms with Crippen molar-refractivity contribution in [1.29, 1.82) is 0 Å². The van der Waals surface area contributed by atoms with Crippen LogP contribution in [0.1, 0.15) is 71.1 Å². The average molecular weight is 363 g/mol. The maximum Gasteiger partial charge on any atom is 0.322 e. The highest BCUT2D eigenvalue weighted by atomic mass is 32.2. The first-order valence-corrected chi connectivity index (χ1v) is 9.70. The van der Waals surface area contributed by atoms with Gasteiger partial charge in [-0.2, -0.15) is 8.42 Å². The Labute approximate surface area is 142 Å². The lowest BCUT2D eigenvalue weighted by molar-refractivity contribution is -0.158. The molecule has 2 amide bonds. The molecule has 0 bridgehead atoms. The highest BCUT2D eigenvalue weighted by Gasteiger charge is 2.60. The summed E-state index contributed by atoms with van der Waals surface area (Å²) < 4.78 is 36.7. The highest BCUT2D eigenvalue weighted by Crippen LogP contribution is 2.28. The number of ether oxygens (including phenoxy) is 1. The SMILES string of the molecule is CCCCCCCCCCC(=O)OC1(S(=O)(=O)O)CC(=O)NC1=O. The maximum atomic E-state index is 11.8. The number of carbonyl (C=O) groups is 3. The molecule has 1 aliphatic rings. The van der Waals surface area contributed by atoms with E-state index in [2.05, 4.69) is 6.92 Å². The van der Waals surface area contributed by atoms with Crippen molar-refractivity contribution in [2.45, 2.75) is 76.1 Å². The van der Waals surface area contributed by atoms with Crippen LogP contribution in [-0.4, -0.2) is 35.7 Å². The number of esters is 1. The van der Waals surface area contributed by atoms with Gasteiger partial charge in [0.15, 0.2) is 0 Å². The molecule has 1 unspecified atom stereocenters. The smallest absolute Gasteiger partial charge is 0.322 e. The van der Waals surface area contributed by atoms with Gasteiger partial charge in [-0.05, 0) is 6.42 Å². The lowest BCUT2D eigenvalue weighted by Crippen LogP contribution is -2.49. The number of hydrogen-bond donors (Lipinski definition) is 2. The molecule has 0 aromatic carbocycles. The molecular formula is C15H25NO7S. The molecule has 0 aromatic heterocycles. The zero-order valence-corrected chi connectivity index (χ0v) is 14.7. The predicted molar refractivity (Wildman–Crippen MR) is 85.4 cm³/mol. The van der Waals surface area contributed by atoms with Gasteiger partial charge in [0.2, 0.25) is 5.91 Å². The molecule has 8 nitrogen and oxygen atoms in total. The summed E-state index contributed by atoms with van der Waals surface area (Å²) in [7, 11) is -5.07. The summed E-state index contributed by atoms with van der Waals surface area (Å²) in [6.45, 7) is 2.14. The standard InChI is InChI=1S/C15H25NO7S/c1-2-3-4-5-6-7-8-9-10-13(18)23-15(24(20,21)22)11-12(17)16-14(15)19/h2-11H2,1H3,(H,16,17,19)(H,20,21,22). The second-order valence-electron chi connectivity index (χ2n) is 5.98. The Balaban J connectivity index is 2.40. The van der Waals surface area contributed by atoms with Crippen LogP contribution < -0.4 is 5.32 Å². The molecule has 24 heavy (non-hydrogen) atoms. The first-order valence-electron chi connectivity index (χ1n) is 8.26. The van der Waals surface area contributed by atoms with Gasteiger partial charge in [0.1, 0.15) is 0 Å². The second-order valence-corrected chi connectivity index (χ2v) is 7.59. The van der Waals surface area contributed by atoms with Crippen molar-refractivity contribution in [2.75, 3.05) is 0 Å². The van der Waals surface area contributed by atoms with E-state index in [-0.39, 0.29) is 6.42 Å². The summed E-state index contributed by atoms with van der Waals surface area (Å²) in [6, 6.07) is 0. The molecule has 1 heterocycles. The summed E-state index contributed by atoms with van der Waals surface area (Å²) >= 11 is 0. The van der Waals surface area contributed by atoms with E-state index < -0.39 is 39.3 Å². The Morgan fingerprint density at radius 1 is 1.12 bits per heavy atom. The van der Waals surface area contributed by atoms with Crippen molar-refractivity contribution < 1.29 is 32.1 Å². The van der Waals surface area contributed by atoms with Gasteiger partial charge in [0.25, 0.3) is 5.91 Å². The van der Waals surface area contributed by atoms with Crippen molar-refractivity contribution in [3.8, 4) is 0 Å². The summed E-state index contributed by atoms with van der Waals surface area (Å²) in [5, 5.41) is 1.73. The molecule has 1 saturated heterocycles. The van der Waals surface area contributed by atoms with Crippen molar-refractivity contribution in [3.63, 3.8) is 0 Å². The van der Waals surface area contributed by atoms with Crippen LogP contribution in [0.15, 0.2) is 0 Å². The van der Waals surface area contributed by atoms with Crippen molar-refractivity contribution in [1.82, 2.24) is 5.32 Å². The van der Waals surface area contributed by atoms with Crippen molar-refractivity contribution >= 4 is 27.9 Å². The Morgan fingerprint density at radius 3 is 2.12 bits per heavy atom. The third-order valence-corrected chi connectivity index (χ3v) is 5.17. The van der Waals surface area contributed by atoms with Gasteiger partial charge in [-0.3, -0.25) is 24.3 Å². The van der Waals surface area contributed by atoms with Crippen molar-refractivity contribution in [3.05, 3.63) is 0 Å². The lowest BCUT2D eigenvalue weighted by Gasteiger charge is -2.21. The van der Waals surface area contributed by atoms with E-state index in [1.165, 1.54) is 19.3 Å². The number of rotatable bonds is 11. The van der Waals surface area contributed by atoms with E-state index in [0.717, 1.165) is 25.7 Å². The van der Waals surface area contributed by atoms with Crippen LogP contribution in [0.25, 0.3) is 0 Å². The topological polar surface area (TPSA) is 127 Å². The first kappa shape index (κ1) is 20.6. The third-order valence-electron chi connectivity index (χ3n) is 3.92. The van der Waals surface area contributed by atoms with Crippen LogP contribution in [-0.2, 0) is 29.2 Å². The zero-order chi connectivity index (χ0) is 18.2. The van der Waals surface area contributed by atoms with Crippen LogP contribution in [0.4, 0.5) is 0 Å². The van der Waals surface area contributed by atoms with Crippen LogP contribution in [0.5, 0.6) is 0 Å². The fraction of sp³-hybridized carbons (Fsp3) is 0.800. The third kappa shape index (κ3) is 5.55. The fourth-order valence-corrected chi connectivity index (χ4v) is 3.34. The molecular weight excluding hydrogens is 338 g/mol. The first-order chi connectivity index (χ1) is 11.2. The Kier molecular flexibility index (Phi) is 7.82. The monoisotopic (exact) mass is 363 g/mol. The van der Waals surface area contributed by atoms with Gasteiger partial charge in [0.05, 0.1) is 6.42 Å². The second kappa shape index (κ2) is 9.12. The molecule has 0 radical (unpaired) electrons. The highest BCUT2D eigenvalue weighted by molar-refractivity contribution is 7.88. The minimum absolute atomic E-state index is 0.0757. The molecule has 9 heteroatoms. The van der Waals surface area contributed by atoms with Gasteiger partial charge in [-0.25, -0.2) is 0 Å². The molecule has 2 N–H and O–H groups in total. The van der Waals surface area contributed by atoms with E-state index >= 15 is 0 Å². The van der Waals surface area contributed by atoms with Gasteiger partial charge in [-0.15, -0.1) is 0 Å². The number of nitrogens with one attached hydrogen (secondary N) is 1. The van der Waals surface area contributed by atoms with Gasteiger partial charge in [0, 0.05) is 6.42 Å². The number of unbranched alkanes of at least 4 members (excludes halogenated alkanes) is 7. The van der Waals surface area contributed by atoms with Crippen LogP contribution in [0.3, 0.4) is 0 Å². The van der Waals surface area contributed by atoms with E-state index in [1.54, 1.807) is 5.32 Å². The lowest BCUT2D eigenvalue weighted by atomic mass is 10.1. The van der Waals surface area contributed by atoms with Gasteiger partial charge < -0.3 is 4.74 Å².